The van der Waals surface area contributed by atoms with E-state index in [1.165, 1.54) is 6.07 Å². The minimum Gasteiger partial charge on any atom is -0.479 e. The molecule has 0 spiro atoms. The molecule has 64 heavy (non-hydrogen) atoms. The van der Waals surface area contributed by atoms with Crippen molar-refractivity contribution in [1.82, 2.24) is 24.2 Å². The molecule has 0 radical (unpaired) electrons. The van der Waals surface area contributed by atoms with E-state index in [1.54, 1.807) is 42.3 Å². The number of carboxylic acid groups (broad SMARTS) is 1. The maximum atomic E-state index is 15.0. The first-order chi connectivity index (χ1) is 30.9. The standard InChI is InChI=1S/C50H53BrN6O6S/c1-4-36-32-49(48(60)61,55-64(62,63)44-31-40(51)30-41(43-26-16-17-27-52-43)47(44)54-45(59)5-2)56(28-18-9-19-29-58)33-42(36)46-35(3)57(34-53-46)50(37-20-10-6-11-21-37,38-22-12-7-13-23-38)39-24-14-8-15-25-39/h6-8,10-17,20-27,29-31,34,36,42,55H,4-5,9,18-19,28,32-33H2,1-3H3,(H,54,59)(H,60,61). The summed E-state index contributed by atoms with van der Waals surface area (Å²) in [4.78, 5) is 49.4. The molecule has 0 aliphatic carbocycles. The Morgan fingerprint density at radius 2 is 1.50 bits per heavy atom. The lowest BCUT2D eigenvalue weighted by Crippen LogP contribution is -2.69. The Balaban J connectivity index is 1.36. The zero-order chi connectivity index (χ0) is 45.5. The van der Waals surface area contributed by atoms with E-state index in [0.717, 1.165) is 34.4 Å². The molecule has 2 aromatic heterocycles. The number of imidazole rings is 1. The summed E-state index contributed by atoms with van der Waals surface area (Å²) in [6.07, 6.45) is 5.95. The Morgan fingerprint density at radius 3 is 2.03 bits per heavy atom. The topological polar surface area (TPSA) is 164 Å². The molecule has 332 valence electrons. The molecule has 7 rings (SSSR count). The van der Waals surface area contributed by atoms with Crippen LogP contribution in [0.5, 0.6) is 0 Å². The SMILES string of the molecule is CCC(=O)Nc1c(-c2ccccn2)cc(Br)cc1S(=O)(=O)NC1(C(=O)O)CC(CC)C(c2ncn(C(c3ccccc3)(c3ccccc3)c3ccccc3)c2C)CN1CCCCC=O. The number of carbonyl (C=O) groups excluding carboxylic acids is 2. The number of aldehydes is 1. The van der Waals surface area contributed by atoms with Crippen LogP contribution in [0, 0.1) is 12.8 Å². The molecule has 3 atom stereocenters. The number of carboxylic acids is 1. The quantitative estimate of drug-likeness (QED) is 0.0433. The number of rotatable bonds is 18. The van der Waals surface area contributed by atoms with E-state index in [4.69, 9.17) is 4.98 Å². The van der Waals surface area contributed by atoms with Gasteiger partial charge in [-0.3, -0.25) is 14.7 Å². The summed E-state index contributed by atoms with van der Waals surface area (Å²) in [6, 6.07) is 39.1. The number of nitrogens with zero attached hydrogens (tertiary/aromatic N) is 4. The molecule has 6 aromatic rings. The Hall–Kier alpha value is -5.80. The summed E-state index contributed by atoms with van der Waals surface area (Å²) in [5.74, 6) is -2.45. The van der Waals surface area contributed by atoms with Gasteiger partial charge in [0, 0.05) is 53.8 Å². The van der Waals surface area contributed by atoms with Crippen molar-refractivity contribution in [2.75, 3.05) is 18.4 Å². The van der Waals surface area contributed by atoms with Crippen LogP contribution in [-0.2, 0) is 29.9 Å². The summed E-state index contributed by atoms with van der Waals surface area (Å²) in [5.41, 5.74) is 2.54. The average Bonchev–Trinajstić information content (AvgIpc) is 3.70. The van der Waals surface area contributed by atoms with Crippen molar-refractivity contribution in [3.05, 3.63) is 166 Å². The van der Waals surface area contributed by atoms with Crippen molar-refractivity contribution in [2.24, 2.45) is 5.92 Å². The van der Waals surface area contributed by atoms with Crippen molar-refractivity contribution >= 4 is 49.8 Å². The summed E-state index contributed by atoms with van der Waals surface area (Å²) >= 11 is 3.47. The fraction of sp³-hybridized carbons (Fsp3) is 0.300. The minimum atomic E-state index is -4.72. The van der Waals surface area contributed by atoms with Gasteiger partial charge in [0.05, 0.1) is 23.4 Å². The lowest BCUT2D eigenvalue weighted by atomic mass is 9.74. The molecule has 1 saturated heterocycles. The number of likely N-dealkylation sites (tertiary alicyclic amines) is 1. The number of sulfonamides is 1. The molecule has 12 nitrogen and oxygen atoms in total. The first kappa shape index (κ1) is 46.2. The highest BCUT2D eigenvalue weighted by atomic mass is 79.9. The molecule has 3 heterocycles. The average molecular weight is 946 g/mol. The molecule has 0 bridgehead atoms. The van der Waals surface area contributed by atoms with Crippen molar-refractivity contribution < 1.29 is 27.9 Å². The number of halogens is 1. The molecule has 4 aromatic carbocycles. The third-order valence-electron chi connectivity index (χ3n) is 12.5. The van der Waals surface area contributed by atoms with Gasteiger partial charge in [0.2, 0.25) is 15.9 Å². The van der Waals surface area contributed by atoms with E-state index in [0.29, 0.717) is 35.0 Å². The van der Waals surface area contributed by atoms with Crippen molar-refractivity contribution in [3.8, 4) is 11.3 Å². The second-order valence-corrected chi connectivity index (χ2v) is 18.8. The summed E-state index contributed by atoms with van der Waals surface area (Å²) in [6.45, 7) is 6.01. The number of piperidine rings is 1. The van der Waals surface area contributed by atoms with E-state index < -0.39 is 33.1 Å². The minimum absolute atomic E-state index is 0.0139. The molecule has 0 saturated carbocycles. The van der Waals surface area contributed by atoms with Crippen LogP contribution in [0.4, 0.5) is 5.69 Å². The number of anilines is 1. The Labute approximate surface area is 383 Å². The normalized spacial score (nSPS) is 18.1. The van der Waals surface area contributed by atoms with Gasteiger partial charge >= 0.3 is 5.97 Å². The Morgan fingerprint density at radius 1 is 0.891 bits per heavy atom. The van der Waals surface area contributed by atoms with Crippen molar-refractivity contribution in [3.63, 3.8) is 0 Å². The molecule has 3 unspecified atom stereocenters. The lowest BCUT2D eigenvalue weighted by Gasteiger charge is -2.50. The fourth-order valence-electron chi connectivity index (χ4n) is 9.35. The monoisotopic (exact) mass is 944 g/mol. The number of aromatic nitrogens is 3. The third kappa shape index (κ3) is 8.97. The van der Waals surface area contributed by atoms with Gasteiger partial charge in [-0.15, -0.1) is 0 Å². The van der Waals surface area contributed by atoms with Crippen LogP contribution in [0.3, 0.4) is 0 Å². The van der Waals surface area contributed by atoms with Crippen molar-refractivity contribution in [1.29, 1.82) is 0 Å². The van der Waals surface area contributed by atoms with Crippen LogP contribution in [0.1, 0.15) is 86.4 Å². The van der Waals surface area contributed by atoms with Crippen molar-refractivity contribution in [2.45, 2.75) is 81.3 Å². The van der Waals surface area contributed by atoms with E-state index in [9.17, 15) is 19.5 Å². The van der Waals surface area contributed by atoms with Gasteiger partial charge in [-0.2, -0.15) is 4.72 Å². The molecule has 1 fully saturated rings. The number of benzene rings is 4. The first-order valence-electron chi connectivity index (χ1n) is 21.6. The molecule has 3 N–H and O–H groups in total. The van der Waals surface area contributed by atoms with E-state index in [-0.39, 0.29) is 54.8 Å². The van der Waals surface area contributed by atoms with Gasteiger partial charge in [-0.05, 0) is 73.1 Å². The van der Waals surface area contributed by atoms with E-state index in [1.807, 2.05) is 74.8 Å². The van der Waals surface area contributed by atoms with E-state index in [2.05, 4.69) is 71.9 Å². The second kappa shape index (κ2) is 19.9. The molecule has 1 amide bonds. The summed E-state index contributed by atoms with van der Waals surface area (Å²) in [7, 11) is -4.72. The van der Waals surface area contributed by atoms with Crippen LogP contribution >= 0.6 is 15.9 Å². The number of carbonyl (C=O) groups is 3. The molecule has 1 aliphatic heterocycles. The summed E-state index contributed by atoms with van der Waals surface area (Å²) in [5, 5.41) is 14.2. The van der Waals surface area contributed by atoms with E-state index >= 15 is 8.42 Å². The van der Waals surface area contributed by atoms with Gasteiger partial charge in [0.1, 0.15) is 16.7 Å². The Kier molecular flexibility index (Phi) is 14.4. The second-order valence-electron chi connectivity index (χ2n) is 16.2. The number of pyridine rings is 1. The number of amides is 1. The molecular formula is C50H53BrN6O6S. The highest BCUT2D eigenvalue weighted by Crippen LogP contribution is 2.47. The zero-order valence-corrected chi connectivity index (χ0v) is 38.6. The van der Waals surface area contributed by atoms with Gasteiger partial charge < -0.3 is 19.8 Å². The zero-order valence-electron chi connectivity index (χ0n) is 36.2. The van der Waals surface area contributed by atoms with Gasteiger partial charge in [-0.1, -0.05) is 133 Å². The Bertz CT molecular complexity index is 2590. The maximum absolute atomic E-state index is 15.0. The number of nitrogens with one attached hydrogen (secondary N) is 2. The first-order valence-corrected chi connectivity index (χ1v) is 23.9. The number of hydrogen-bond acceptors (Lipinski definition) is 8. The highest BCUT2D eigenvalue weighted by Gasteiger charge is 2.55. The highest BCUT2D eigenvalue weighted by molar-refractivity contribution is 9.10. The van der Waals surface area contributed by atoms with Crippen LogP contribution in [0.15, 0.2) is 143 Å². The van der Waals surface area contributed by atoms with Crippen LogP contribution < -0.4 is 10.0 Å². The molecule has 14 heteroatoms. The predicted octanol–water partition coefficient (Wildman–Crippen LogP) is 9.15. The number of hydrogen-bond donors (Lipinski definition) is 3. The lowest BCUT2D eigenvalue weighted by molar-refractivity contribution is -0.158. The third-order valence-corrected chi connectivity index (χ3v) is 14.4. The van der Waals surface area contributed by atoms with Crippen LogP contribution in [-0.4, -0.2) is 69.9 Å². The fourth-order valence-corrected chi connectivity index (χ4v) is 11.5. The van der Waals surface area contributed by atoms with Crippen LogP contribution in [0.2, 0.25) is 0 Å². The maximum Gasteiger partial charge on any atom is 0.340 e. The molecular weight excluding hydrogens is 893 g/mol. The predicted molar refractivity (Wildman–Crippen MR) is 251 cm³/mol. The van der Waals surface area contributed by atoms with Gasteiger partial charge in [-0.25, -0.2) is 18.2 Å². The number of unbranched alkanes of at least 4 members (excludes halogenated alkanes) is 2. The van der Waals surface area contributed by atoms with Gasteiger partial charge in [0.25, 0.3) is 0 Å². The smallest absolute Gasteiger partial charge is 0.340 e. The van der Waals surface area contributed by atoms with Gasteiger partial charge in [0.15, 0.2) is 5.66 Å². The van der Waals surface area contributed by atoms with Crippen LogP contribution in [0.25, 0.3) is 11.3 Å². The number of aliphatic carboxylic acids is 1. The molecule has 1 aliphatic rings. The summed E-state index contributed by atoms with van der Waals surface area (Å²) < 4.78 is 35.3. The largest absolute Gasteiger partial charge is 0.479 e.